The second-order valence-corrected chi connectivity index (χ2v) is 7.64. The fraction of sp³-hybridized carbons (Fsp3) is 0.409. The summed E-state index contributed by atoms with van der Waals surface area (Å²) in [4.78, 5) is 16.5. The first-order valence-electron chi connectivity index (χ1n) is 9.66. The Morgan fingerprint density at radius 1 is 1.00 bits per heavy atom. The van der Waals surface area contributed by atoms with Crippen molar-refractivity contribution in [3.05, 3.63) is 59.9 Å². The smallest absolute Gasteiger partial charge is 0.236 e. The minimum absolute atomic E-state index is 0.209. The van der Waals surface area contributed by atoms with E-state index in [1.807, 2.05) is 4.90 Å². The van der Waals surface area contributed by atoms with Crippen LogP contribution in [0.25, 0.3) is 11.1 Å². The molecule has 2 atom stereocenters. The lowest BCUT2D eigenvalue weighted by atomic mass is 10.0. The van der Waals surface area contributed by atoms with Gasteiger partial charge in [0.25, 0.3) is 0 Å². The predicted octanol–water partition coefficient (Wildman–Crippen LogP) is 2.71. The van der Waals surface area contributed by atoms with E-state index in [0.29, 0.717) is 18.5 Å². The minimum Gasteiger partial charge on any atom is -0.339 e. The lowest BCUT2D eigenvalue weighted by molar-refractivity contribution is -0.131. The van der Waals surface area contributed by atoms with E-state index < -0.39 is 0 Å². The Balaban J connectivity index is 1.27. The number of carbonyl (C=O) groups excluding carboxylic acids is 1. The van der Waals surface area contributed by atoms with Gasteiger partial charge in [-0.25, -0.2) is 4.39 Å². The van der Waals surface area contributed by atoms with Crippen LogP contribution in [0, 0.1) is 5.82 Å². The summed E-state index contributed by atoms with van der Waals surface area (Å²) >= 11 is 0. The Kier molecular flexibility index (Phi) is 5.23. The molecule has 27 heavy (non-hydrogen) atoms. The summed E-state index contributed by atoms with van der Waals surface area (Å²) in [5, 5.41) is 3.42. The first-order valence-corrected chi connectivity index (χ1v) is 9.66. The molecule has 142 valence electrons. The third-order valence-electron chi connectivity index (χ3n) is 5.68. The molecule has 4 rings (SSSR count). The molecule has 2 aromatic carbocycles. The Hall–Kier alpha value is -2.24. The van der Waals surface area contributed by atoms with Gasteiger partial charge in [-0.15, -0.1) is 0 Å². The lowest BCUT2D eigenvalue weighted by Crippen LogP contribution is -2.49. The molecule has 1 aliphatic heterocycles. The maximum Gasteiger partial charge on any atom is 0.236 e. The molecule has 0 spiro atoms. The summed E-state index contributed by atoms with van der Waals surface area (Å²) in [6, 6.07) is 15.4. The fourth-order valence-corrected chi connectivity index (χ4v) is 3.74. The van der Waals surface area contributed by atoms with E-state index in [2.05, 4.69) is 41.5 Å². The second-order valence-electron chi connectivity index (χ2n) is 7.64. The number of halogens is 1. The molecule has 1 N–H and O–H groups in total. The van der Waals surface area contributed by atoms with Gasteiger partial charge in [0.15, 0.2) is 0 Å². The number of hydrogen-bond acceptors (Lipinski definition) is 3. The quantitative estimate of drug-likeness (QED) is 0.883. The molecule has 1 heterocycles. The van der Waals surface area contributed by atoms with Crippen LogP contribution in [0.3, 0.4) is 0 Å². The number of hydrogen-bond donors (Lipinski definition) is 1. The van der Waals surface area contributed by atoms with Crippen LogP contribution in [0.4, 0.5) is 4.39 Å². The van der Waals surface area contributed by atoms with Crippen LogP contribution in [-0.4, -0.2) is 61.5 Å². The first kappa shape index (κ1) is 18.1. The molecule has 1 unspecified atom stereocenters. The third-order valence-corrected chi connectivity index (χ3v) is 5.68. The highest BCUT2D eigenvalue weighted by atomic mass is 19.1. The van der Waals surface area contributed by atoms with Crippen molar-refractivity contribution in [1.29, 1.82) is 0 Å². The van der Waals surface area contributed by atoms with Gasteiger partial charge in [0.1, 0.15) is 5.82 Å². The van der Waals surface area contributed by atoms with Gasteiger partial charge < -0.3 is 15.1 Å². The number of piperazine rings is 1. The standard InChI is InChI=1S/C22H26FN3O/c1-25-10-12-26(13-11-25)22(27)15-24-21-14-20(21)18-4-2-16(3-5-18)17-6-8-19(23)9-7-17/h2-9,20-21,24H,10-15H2,1H3/t20?,21-/m0/s1. The summed E-state index contributed by atoms with van der Waals surface area (Å²) < 4.78 is 13.1. The summed E-state index contributed by atoms with van der Waals surface area (Å²) in [6.07, 6.45) is 1.08. The first-order chi connectivity index (χ1) is 13.1. The summed E-state index contributed by atoms with van der Waals surface area (Å²) in [5.41, 5.74) is 3.41. The number of rotatable bonds is 5. The molecule has 0 radical (unpaired) electrons. The molecule has 4 nitrogen and oxygen atoms in total. The number of nitrogens with zero attached hydrogens (tertiary/aromatic N) is 2. The van der Waals surface area contributed by atoms with Gasteiger partial charge in [0.2, 0.25) is 5.91 Å². The van der Waals surface area contributed by atoms with Crippen LogP contribution in [0.1, 0.15) is 17.9 Å². The van der Waals surface area contributed by atoms with Crippen LogP contribution in [0.5, 0.6) is 0 Å². The molecule has 5 heteroatoms. The van der Waals surface area contributed by atoms with Crippen LogP contribution in [0.15, 0.2) is 48.5 Å². The van der Waals surface area contributed by atoms with Crippen molar-refractivity contribution < 1.29 is 9.18 Å². The molecule has 2 aromatic rings. The molecular formula is C22H26FN3O. The molecule has 1 amide bonds. The van der Waals surface area contributed by atoms with Crippen LogP contribution in [0.2, 0.25) is 0 Å². The zero-order valence-electron chi connectivity index (χ0n) is 15.7. The number of benzene rings is 2. The average molecular weight is 367 g/mol. The average Bonchev–Trinajstić information content (AvgIpc) is 3.47. The highest BCUT2D eigenvalue weighted by molar-refractivity contribution is 5.78. The number of likely N-dealkylation sites (N-methyl/N-ethyl adjacent to an activating group) is 1. The van der Waals surface area contributed by atoms with E-state index >= 15 is 0 Å². The van der Waals surface area contributed by atoms with E-state index in [0.717, 1.165) is 43.7 Å². The fourth-order valence-electron chi connectivity index (χ4n) is 3.74. The van der Waals surface area contributed by atoms with Gasteiger partial charge in [-0.3, -0.25) is 4.79 Å². The molecule has 2 fully saturated rings. The van der Waals surface area contributed by atoms with E-state index in [9.17, 15) is 9.18 Å². The van der Waals surface area contributed by atoms with Crippen molar-refractivity contribution in [2.75, 3.05) is 39.8 Å². The van der Waals surface area contributed by atoms with Gasteiger partial charge in [0, 0.05) is 38.1 Å². The minimum atomic E-state index is -0.214. The van der Waals surface area contributed by atoms with E-state index in [1.54, 1.807) is 12.1 Å². The van der Waals surface area contributed by atoms with Crippen molar-refractivity contribution in [3.8, 4) is 11.1 Å². The lowest BCUT2D eigenvalue weighted by Gasteiger charge is -2.32. The third kappa shape index (κ3) is 4.37. The predicted molar refractivity (Wildman–Crippen MR) is 105 cm³/mol. The zero-order valence-corrected chi connectivity index (χ0v) is 15.7. The maximum atomic E-state index is 13.1. The molecule has 1 saturated heterocycles. The normalized spacial score (nSPS) is 22.7. The topological polar surface area (TPSA) is 35.6 Å². The van der Waals surface area contributed by atoms with Crippen LogP contribution < -0.4 is 5.32 Å². The molecule has 1 saturated carbocycles. The summed E-state index contributed by atoms with van der Waals surface area (Å²) in [5.74, 6) is 0.473. The highest BCUT2D eigenvalue weighted by Crippen LogP contribution is 2.41. The van der Waals surface area contributed by atoms with Crippen molar-refractivity contribution >= 4 is 5.91 Å². The van der Waals surface area contributed by atoms with Gasteiger partial charge in [-0.05, 0) is 42.3 Å². The SMILES string of the molecule is CN1CCN(C(=O)CN[C@H]2CC2c2ccc(-c3ccc(F)cc3)cc2)CC1. The Morgan fingerprint density at radius 2 is 1.59 bits per heavy atom. The molecule has 1 aliphatic carbocycles. The van der Waals surface area contributed by atoms with Crippen molar-refractivity contribution in [1.82, 2.24) is 15.1 Å². The molecule has 2 aliphatic rings. The Morgan fingerprint density at radius 3 is 2.22 bits per heavy atom. The number of carbonyl (C=O) groups is 1. The molecular weight excluding hydrogens is 341 g/mol. The second kappa shape index (κ2) is 7.79. The van der Waals surface area contributed by atoms with E-state index in [1.165, 1.54) is 17.7 Å². The molecule has 0 bridgehead atoms. The van der Waals surface area contributed by atoms with Gasteiger partial charge in [-0.2, -0.15) is 0 Å². The van der Waals surface area contributed by atoms with Crippen molar-refractivity contribution in [3.63, 3.8) is 0 Å². The molecule has 0 aromatic heterocycles. The van der Waals surface area contributed by atoms with E-state index in [-0.39, 0.29) is 11.7 Å². The van der Waals surface area contributed by atoms with Gasteiger partial charge in [-0.1, -0.05) is 36.4 Å². The van der Waals surface area contributed by atoms with Crippen molar-refractivity contribution in [2.45, 2.75) is 18.4 Å². The maximum absolute atomic E-state index is 13.1. The largest absolute Gasteiger partial charge is 0.339 e. The Labute approximate surface area is 160 Å². The highest BCUT2D eigenvalue weighted by Gasteiger charge is 2.38. The number of amides is 1. The van der Waals surface area contributed by atoms with Crippen LogP contribution in [-0.2, 0) is 4.79 Å². The number of nitrogens with one attached hydrogen (secondary N) is 1. The van der Waals surface area contributed by atoms with Crippen LogP contribution >= 0.6 is 0 Å². The van der Waals surface area contributed by atoms with Crippen molar-refractivity contribution in [2.24, 2.45) is 0 Å². The summed E-state index contributed by atoms with van der Waals surface area (Å²) in [7, 11) is 2.09. The zero-order chi connectivity index (χ0) is 18.8. The Bertz CT molecular complexity index is 782. The van der Waals surface area contributed by atoms with Gasteiger partial charge in [0.05, 0.1) is 6.54 Å². The van der Waals surface area contributed by atoms with E-state index in [4.69, 9.17) is 0 Å². The summed E-state index contributed by atoms with van der Waals surface area (Å²) in [6.45, 7) is 4.00. The van der Waals surface area contributed by atoms with Gasteiger partial charge >= 0.3 is 0 Å². The monoisotopic (exact) mass is 367 g/mol.